The number of esters is 1. The summed E-state index contributed by atoms with van der Waals surface area (Å²) in [5.74, 6) is 0.191. The first-order chi connectivity index (χ1) is 12.2. The van der Waals surface area contributed by atoms with Gasteiger partial charge >= 0.3 is 5.97 Å². The first kappa shape index (κ1) is 18.9. The van der Waals surface area contributed by atoms with Crippen LogP contribution in [0.1, 0.15) is 5.56 Å². The SMILES string of the molecule is COc1ccc(N=C(OC(=O)C(C=S)=Cc2ccccc2)SC)cc1. The largest absolute Gasteiger partial charge is 0.497 e. The summed E-state index contributed by atoms with van der Waals surface area (Å²) in [4.78, 5) is 16.7. The lowest BCUT2D eigenvalue weighted by atomic mass is 10.1. The average molecular weight is 371 g/mol. The maximum absolute atomic E-state index is 12.3. The molecule has 2 aromatic carbocycles. The summed E-state index contributed by atoms with van der Waals surface area (Å²) in [6.45, 7) is 0. The molecule has 0 amide bonds. The number of thioether (sulfide) groups is 1. The molecule has 0 bridgehead atoms. The lowest BCUT2D eigenvalue weighted by molar-refractivity contribution is -0.130. The minimum absolute atomic E-state index is 0.242. The molecule has 4 nitrogen and oxygen atoms in total. The second-order valence-electron chi connectivity index (χ2n) is 4.80. The van der Waals surface area contributed by atoms with Crippen LogP contribution in [0.2, 0.25) is 0 Å². The smallest absolute Gasteiger partial charge is 0.346 e. The number of hydrogen-bond acceptors (Lipinski definition) is 6. The van der Waals surface area contributed by atoms with Crippen molar-refractivity contribution in [2.45, 2.75) is 0 Å². The van der Waals surface area contributed by atoms with Crippen LogP contribution < -0.4 is 4.74 Å². The van der Waals surface area contributed by atoms with Gasteiger partial charge in [0.2, 0.25) is 0 Å². The van der Waals surface area contributed by atoms with Gasteiger partial charge in [-0.15, -0.1) is 0 Å². The minimum atomic E-state index is -0.541. The van der Waals surface area contributed by atoms with Gasteiger partial charge in [0.05, 0.1) is 18.4 Å². The van der Waals surface area contributed by atoms with Crippen LogP contribution in [0.4, 0.5) is 5.69 Å². The van der Waals surface area contributed by atoms with E-state index in [2.05, 4.69) is 4.99 Å². The number of thiocarbonyl (C=S) groups is 1. The summed E-state index contributed by atoms with van der Waals surface area (Å²) < 4.78 is 10.5. The molecule has 0 fully saturated rings. The zero-order valence-corrected chi connectivity index (χ0v) is 15.5. The number of carbonyl (C=O) groups excluding carboxylic acids is 1. The normalized spacial score (nSPS) is 11.8. The van der Waals surface area contributed by atoms with Gasteiger partial charge in [0.25, 0.3) is 5.23 Å². The second-order valence-corrected chi connectivity index (χ2v) is 5.79. The predicted octanol–water partition coefficient (Wildman–Crippen LogP) is 4.67. The van der Waals surface area contributed by atoms with Crippen molar-refractivity contribution in [3.63, 3.8) is 0 Å². The van der Waals surface area contributed by atoms with E-state index >= 15 is 0 Å². The Balaban J connectivity index is 2.15. The van der Waals surface area contributed by atoms with Gasteiger partial charge in [-0.2, -0.15) is 0 Å². The Morgan fingerprint density at radius 2 is 1.80 bits per heavy atom. The van der Waals surface area contributed by atoms with Gasteiger partial charge < -0.3 is 9.47 Å². The molecule has 0 aromatic heterocycles. The summed E-state index contributed by atoms with van der Waals surface area (Å²) in [6.07, 6.45) is 3.47. The molecule has 128 valence electrons. The predicted molar refractivity (Wildman–Crippen MR) is 108 cm³/mol. The highest BCUT2D eigenvalue weighted by atomic mass is 32.2. The average Bonchev–Trinajstić information content (AvgIpc) is 2.66. The van der Waals surface area contributed by atoms with Crippen molar-refractivity contribution in [3.05, 3.63) is 65.7 Å². The first-order valence-electron chi connectivity index (χ1n) is 7.37. The molecule has 0 aliphatic carbocycles. The van der Waals surface area contributed by atoms with Gasteiger partial charge in [-0.25, -0.2) is 9.79 Å². The fraction of sp³-hybridized carbons (Fsp3) is 0.105. The Bertz CT molecular complexity index is 784. The molecule has 0 heterocycles. The maximum Gasteiger partial charge on any atom is 0.346 e. The fourth-order valence-electron chi connectivity index (χ4n) is 1.88. The standard InChI is InChI=1S/C19H17NO3S2/c1-22-17-10-8-16(9-11-17)20-19(25-2)23-18(21)15(13-24)12-14-6-4-3-5-7-14/h3-13H,1-2H3. The van der Waals surface area contributed by atoms with Crippen molar-refractivity contribution < 1.29 is 14.3 Å². The maximum atomic E-state index is 12.3. The van der Waals surface area contributed by atoms with Crippen LogP contribution in [0.15, 0.2) is 65.2 Å². The van der Waals surface area contributed by atoms with Crippen LogP contribution in [0, 0.1) is 0 Å². The highest BCUT2D eigenvalue weighted by Gasteiger charge is 2.12. The molecule has 0 aliphatic rings. The lowest BCUT2D eigenvalue weighted by Crippen LogP contribution is -2.12. The number of methoxy groups -OCH3 is 1. The Morgan fingerprint density at radius 1 is 1.12 bits per heavy atom. The Hall–Kier alpha value is -2.44. The van der Waals surface area contributed by atoms with Gasteiger partial charge in [0.1, 0.15) is 5.75 Å². The lowest BCUT2D eigenvalue weighted by Gasteiger charge is -2.06. The third kappa shape index (κ3) is 5.85. The Kier molecular flexibility index (Phi) is 7.37. The molecule has 0 spiro atoms. The summed E-state index contributed by atoms with van der Waals surface area (Å²) >= 11 is 6.18. The summed E-state index contributed by atoms with van der Waals surface area (Å²) in [7, 11) is 1.60. The molecule has 6 heteroatoms. The number of carbonyl (C=O) groups is 1. The number of nitrogens with zero attached hydrogens (tertiary/aromatic N) is 1. The Labute approximate surface area is 156 Å². The van der Waals surface area contributed by atoms with Crippen LogP contribution in [0.3, 0.4) is 0 Å². The van der Waals surface area contributed by atoms with Crippen molar-refractivity contribution in [2.24, 2.45) is 4.99 Å². The molecular weight excluding hydrogens is 354 g/mol. The van der Waals surface area contributed by atoms with E-state index in [1.807, 2.05) is 30.3 Å². The number of rotatable bonds is 5. The summed E-state index contributed by atoms with van der Waals surface area (Å²) in [5.41, 5.74) is 1.82. The summed E-state index contributed by atoms with van der Waals surface area (Å²) in [5, 5.41) is 1.55. The highest BCUT2D eigenvalue weighted by Crippen LogP contribution is 2.20. The monoisotopic (exact) mass is 371 g/mol. The molecule has 0 aliphatic heterocycles. The third-order valence-electron chi connectivity index (χ3n) is 3.13. The van der Waals surface area contributed by atoms with E-state index in [1.165, 1.54) is 17.1 Å². The molecule has 0 N–H and O–H groups in total. The van der Waals surface area contributed by atoms with E-state index < -0.39 is 5.97 Å². The zero-order valence-electron chi connectivity index (χ0n) is 13.8. The molecular formula is C19H17NO3S2. The van der Waals surface area contributed by atoms with E-state index in [9.17, 15) is 4.79 Å². The number of hydrogen-bond donors (Lipinski definition) is 0. The van der Waals surface area contributed by atoms with Gasteiger partial charge in [-0.1, -0.05) is 54.3 Å². The molecule has 0 saturated heterocycles. The van der Waals surface area contributed by atoms with E-state index in [1.54, 1.807) is 43.7 Å². The molecule has 0 saturated carbocycles. The number of ether oxygens (including phenoxy) is 2. The van der Waals surface area contributed by atoms with Crippen LogP contribution in [-0.2, 0) is 9.53 Å². The molecule has 25 heavy (non-hydrogen) atoms. The molecule has 0 radical (unpaired) electrons. The number of benzene rings is 2. The molecule has 2 rings (SSSR count). The van der Waals surface area contributed by atoms with Crippen molar-refractivity contribution in [3.8, 4) is 5.75 Å². The minimum Gasteiger partial charge on any atom is -0.497 e. The van der Waals surface area contributed by atoms with Gasteiger partial charge in [0.15, 0.2) is 0 Å². The van der Waals surface area contributed by atoms with Crippen molar-refractivity contribution >= 4 is 52.3 Å². The van der Waals surface area contributed by atoms with Gasteiger partial charge in [0, 0.05) is 5.37 Å². The summed E-state index contributed by atoms with van der Waals surface area (Å²) in [6, 6.07) is 16.6. The van der Waals surface area contributed by atoms with Crippen LogP contribution >= 0.6 is 24.0 Å². The molecule has 0 atom stereocenters. The molecule has 2 aromatic rings. The van der Waals surface area contributed by atoms with E-state index in [0.29, 0.717) is 5.69 Å². The van der Waals surface area contributed by atoms with E-state index in [0.717, 1.165) is 11.3 Å². The van der Waals surface area contributed by atoms with Gasteiger partial charge in [-0.3, -0.25) is 0 Å². The van der Waals surface area contributed by atoms with Crippen LogP contribution in [-0.4, -0.2) is 29.9 Å². The first-order valence-corrected chi connectivity index (χ1v) is 9.06. The van der Waals surface area contributed by atoms with E-state index in [4.69, 9.17) is 21.7 Å². The van der Waals surface area contributed by atoms with Gasteiger partial charge in [-0.05, 0) is 42.2 Å². The zero-order chi connectivity index (χ0) is 18.1. The van der Waals surface area contributed by atoms with Crippen LogP contribution in [0.25, 0.3) is 6.08 Å². The number of aliphatic imine (C=N–C) groups is 1. The third-order valence-corrected chi connectivity index (χ3v) is 3.91. The molecule has 0 unspecified atom stereocenters. The highest BCUT2D eigenvalue weighted by molar-refractivity contribution is 8.13. The van der Waals surface area contributed by atoms with Crippen molar-refractivity contribution in [2.75, 3.05) is 13.4 Å². The quantitative estimate of drug-likeness (QED) is 0.251. The Morgan fingerprint density at radius 3 is 2.36 bits per heavy atom. The van der Waals surface area contributed by atoms with Crippen molar-refractivity contribution in [1.82, 2.24) is 0 Å². The topological polar surface area (TPSA) is 47.9 Å². The second kappa shape index (κ2) is 9.76. The fourth-order valence-corrected chi connectivity index (χ4v) is 2.40. The van der Waals surface area contributed by atoms with E-state index in [-0.39, 0.29) is 10.8 Å². The van der Waals surface area contributed by atoms with Crippen molar-refractivity contribution in [1.29, 1.82) is 0 Å². The van der Waals surface area contributed by atoms with Crippen LogP contribution in [0.5, 0.6) is 5.75 Å².